The van der Waals surface area contributed by atoms with Gasteiger partial charge in [-0.2, -0.15) is 0 Å². The summed E-state index contributed by atoms with van der Waals surface area (Å²) in [5.74, 6) is 0.192. The van der Waals surface area contributed by atoms with Crippen molar-refractivity contribution in [2.45, 2.75) is 53.0 Å². The van der Waals surface area contributed by atoms with Crippen molar-refractivity contribution in [2.75, 3.05) is 38.0 Å². The Morgan fingerprint density at radius 3 is 2.45 bits per heavy atom. The minimum absolute atomic E-state index is 0.0151. The topological polar surface area (TPSA) is 84.9 Å². The van der Waals surface area contributed by atoms with Gasteiger partial charge in [0.25, 0.3) is 0 Å². The van der Waals surface area contributed by atoms with E-state index in [-0.39, 0.29) is 23.6 Å². The fourth-order valence-corrected chi connectivity index (χ4v) is 4.32. The first-order chi connectivity index (χ1) is 14.7. The van der Waals surface area contributed by atoms with E-state index in [0.29, 0.717) is 55.1 Å². The first-order valence-electron chi connectivity index (χ1n) is 11.3. The fraction of sp³-hybridized carbons (Fsp3) is 0.652. The number of rotatable bonds is 9. The largest absolute Gasteiger partial charge is 0.506 e. The first kappa shape index (κ1) is 25.3. The van der Waals surface area contributed by atoms with Gasteiger partial charge < -0.3 is 20.6 Å². The van der Waals surface area contributed by atoms with Gasteiger partial charge in [0.2, 0.25) is 5.91 Å². The van der Waals surface area contributed by atoms with Gasteiger partial charge in [-0.15, -0.1) is 0 Å². The second-order valence-corrected chi connectivity index (χ2v) is 9.04. The molecule has 31 heavy (non-hydrogen) atoms. The molecule has 1 aliphatic rings. The summed E-state index contributed by atoms with van der Waals surface area (Å²) in [4.78, 5) is 29.4. The quantitative estimate of drug-likeness (QED) is 0.491. The molecule has 1 heterocycles. The van der Waals surface area contributed by atoms with Crippen molar-refractivity contribution in [3.05, 3.63) is 23.2 Å². The smallest absolute Gasteiger partial charge is 0.317 e. The highest BCUT2D eigenvalue weighted by Gasteiger charge is 2.28. The van der Waals surface area contributed by atoms with E-state index in [1.807, 2.05) is 0 Å². The van der Waals surface area contributed by atoms with Gasteiger partial charge in [0.15, 0.2) is 0 Å². The Morgan fingerprint density at radius 2 is 1.87 bits per heavy atom. The molecule has 8 heteroatoms. The summed E-state index contributed by atoms with van der Waals surface area (Å²) in [7, 11) is 0. The van der Waals surface area contributed by atoms with Gasteiger partial charge in [-0.05, 0) is 56.5 Å². The van der Waals surface area contributed by atoms with Gasteiger partial charge >= 0.3 is 6.03 Å². The van der Waals surface area contributed by atoms with Crippen molar-refractivity contribution in [2.24, 2.45) is 11.8 Å². The summed E-state index contributed by atoms with van der Waals surface area (Å²) >= 11 is 5.94. The van der Waals surface area contributed by atoms with E-state index >= 15 is 0 Å². The Kier molecular flexibility index (Phi) is 9.91. The molecule has 0 bridgehead atoms. The fourth-order valence-electron chi connectivity index (χ4n) is 4.15. The Bertz CT molecular complexity index is 732. The van der Waals surface area contributed by atoms with Crippen molar-refractivity contribution in [1.82, 2.24) is 15.1 Å². The van der Waals surface area contributed by atoms with E-state index < -0.39 is 0 Å². The van der Waals surface area contributed by atoms with Crippen LogP contribution < -0.4 is 10.6 Å². The molecule has 3 N–H and O–H groups in total. The molecule has 174 valence electrons. The van der Waals surface area contributed by atoms with Crippen LogP contribution >= 0.6 is 11.6 Å². The average Bonchev–Trinajstić information content (AvgIpc) is 2.74. The molecule has 1 aliphatic heterocycles. The number of piperidine rings is 1. The highest BCUT2D eigenvalue weighted by atomic mass is 35.5. The van der Waals surface area contributed by atoms with Gasteiger partial charge in [-0.25, -0.2) is 4.79 Å². The maximum Gasteiger partial charge on any atom is 0.317 e. The summed E-state index contributed by atoms with van der Waals surface area (Å²) in [5, 5.41) is 16.2. The second-order valence-electron chi connectivity index (χ2n) is 8.60. The maximum absolute atomic E-state index is 12.7. The summed E-state index contributed by atoms with van der Waals surface area (Å²) in [6.07, 6.45) is 2.22. The van der Waals surface area contributed by atoms with E-state index in [1.54, 1.807) is 11.0 Å². The van der Waals surface area contributed by atoms with E-state index in [2.05, 4.69) is 43.2 Å². The number of carbonyl (C=O) groups is 2. The molecule has 2 rings (SSSR count). The number of phenols is 1. The number of aromatic hydroxyl groups is 1. The van der Waals surface area contributed by atoms with Crippen molar-refractivity contribution in [3.8, 4) is 5.75 Å². The number of carbonyl (C=O) groups excluding carboxylic acids is 2. The van der Waals surface area contributed by atoms with Crippen LogP contribution in [0.15, 0.2) is 18.2 Å². The number of phenolic OH excluding ortho intramolecular Hbond substituents is 1. The molecule has 0 aromatic heterocycles. The number of urea groups is 1. The third-order valence-corrected chi connectivity index (χ3v) is 6.17. The highest BCUT2D eigenvalue weighted by Crippen LogP contribution is 2.28. The van der Waals surface area contributed by atoms with Crippen molar-refractivity contribution in [3.63, 3.8) is 0 Å². The van der Waals surface area contributed by atoms with Gasteiger partial charge in [0.05, 0.1) is 5.69 Å². The van der Waals surface area contributed by atoms with Crippen molar-refractivity contribution < 1.29 is 14.7 Å². The van der Waals surface area contributed by atoms with Gasteiger partial charge in [-0.3, -0.25) is 9.69 Å². The van der Waals surface area contributed by atoms with Crippen LogP contribution in [0.4, 0.5) is 10.5 Å². The van der Waals surface area contributed by atoms with Crippen LogP contribution in [0.25, 0.3) is 0 Å². The monoisotopic (exact) mass is 452 g/mol. The number of hydrogen-bond acceptors (Lipinski definition) is 4. The third kappa shape index (κ3) is 7.58. The molecule has 0 saturated carbocycles. The Hall–Kier alpha value is -1.99. The van der Waals surface area contributed by atoms with Crippen LogP contribution in [0.5, 0.6) is 5.75 Å². The number of likely N-dealkylation sites (tertiary alicyclic amines) is 1. The Balaban J connectivity index is 1.83. The molecule has 7 nitrogen and oxygen atoms in total. The summed E-state index contributed by atoms with van der Waals surface area (Å²) in [6.45, 7) is 12.3. The molecular weight excluding hydrogens is 416 g/mol. The minimum atomic E-state index is -0.202. The molecule has 1 aromatic carbocycles. The maximum atomic E-state index is 12.7. The summed E-state index contributed by atoms with van der Waals surface area (Å²) in [6, 6.07) is 4.81. The molecule has 1 aromatic rings. The lowest BCUT2D eigenvalue weighted by atomic mass is 9.96. The average molecular weight is 453 g/mol. The molecule has 1 atom stereocenters. The number of halogens is 1. The molecule has 0 radical (unpaired) electrons. The van der Waals surface area contributed by atoms with Crippen LogP contribution in [-0.4, -0.2) is 65.6 Å². The molecule has 0 spiro atoms. The molecule has 1 unspecified atom stereocenters. The second kappa shape index (κ2) is 12.2. The predicted octanol–water partition coefficient (Wildman–Crippen LogP) is 4.16. The lowest BCUT2D eigenvalue weighted by molar-refractivity contribution is -0.121. The zero-order valence-electron chi connectivity index (χ0n) is 19.2. The first-order valence-corrected chi connectivity index (χ1v) is 11.7. The van der Waals surface area contributed by atoms with Crippen molar-refractivity contribution in [1.29, 1.82) is 0 Å². The number of anilines is 1. The van der Waals surface area contributed by atoms with E-state index in [9.17, 15) is 14.7 Å². The van der Waals surface area contributed by atoms with Crippen LogP contribution in [0, 0.1) is 11.8 Å². The summed E-state index contributed by atoms with van der Waals surface area (Å²) in [5.41, 5.74) is 0.310. The van der Waals surface area contributed by atoms with Gasteiger partial charge in [0.1, 0.15) is 5.75 Å². The van der Waals surface area contributed by atoms with Crippen LogP contribution in [0.2, 0.25) is 5.02 Å². The number of benzene rings is 1. The highest BCUT2D eigenvalue weighted by molar-refractivity contribution is 6.31. The lowest BCUT2D eigenvalue weighted by Crippen LogP contribution is -2.50. The molecule has 1 saturated heterocycles. The third-order valence-electron chi connectivity index (χ3n) is 5.93. The number of likely N-dealkylation sites (N-methyl/N-ethyl adjacent to an activating group) is 1. The Labute approximate surface area is 191 Å². The van der Waals surface area contributed by atoms with Crippen LogP contribution in [0.3, 0.4) is 0 Å². The zero-order chi connectivity index (χ0) is 23.0. The lowest BCUT2D eigenvalue weighted by Gasteiger charge is -2.34. The van der Waals surface area contributed by atoms with Gasteiger partial charge in [0, 0.05) is 36.6 Å². The molecular formula is C23H37ClN4O3. The van der Waals surface area contributed by atoms with Gasteiger partial charge in [-0.1, -0.05) is 39.3 Å². The van der Waals surface area contributed by atoms with Crippen LogP contribution in [-0.2, 0) is 4.79 Å². The number of amides is 3. The van der Waals surface area contributed by atoms with Crippen molar-refractivity contribution >= 4 is 29.2 Å². The standard InChI is InChI=1S/C23H37ClN4O3/c1-5-27(6-2)19(13-16(3)4)15-25-23(31)28-11-9-17(10-12-28)22(30)26-20-14-18(24)7-8-21(20)29/h7-8,14,16-17,19,29H,5-6,9-13,15H2,1-4H3,(H,25,31)(H,26,30). The SMILES string of the molecule is CCN(CC)C(CNC(=O)N1CCC(C(=O)Nc2cc(Cl)ccc2O)CC1)CC(C)C. The number of hydrogen-bond donors (Lipinski definition) is 3. The van der Waals surface area contributed by atoms with E-state index in [1.165, 1.54) is 12.1 Å². The Morgan fingerprint density at radius 1 is 1.23 bits per heavy atom. The van der Waals surface area contributed by atoms with E-state index in [0.717, 1.165) is 19.5 Å². The normalized spacial score (nSPS) is 15.9. The summed E-state index contributed by atoms with van der Waals surface area (Å²) < 4.78 is 0. The predicted molar refractivity (Wildman–Crippen MR) is 126 cm³/mol. The van der Waals surface area contributed by atoms with E-state index in [4.69, 9.17) is 11.6 Å². The number of nitrogens with one attached hydrogen (secondary N) is 2. The zero-order valence-corrected chi connectivity index (χ0v) is 19.9. The molecule has 0 aliphatic carbocycles. The minimum Gasteiger partial charge on any atom is -0.506 e. The molecule has 1 fully saturated rings. The van der Waals surface area contributed by atoms with Crippen LogP contribution in [0.1, 0.15) is 47.0 Å². The number of nitrogens with zero attached hydrogens (tertiary/aromatic N) is 2. The molecule has 3 amide bonds.